The van der Waals surface area contributed by atoms with Gasteiger partial charge in [0.1, 0.15) is 0 Å². The zero-order valence-corrected chi connectivity index (χ0v) is 14.7. The average molecular weight is 325 g/mol. The number of nitrogens with one attached hydrogen (secondary N) is 1. The molecular formula is C20H27N3O. The Labute approximate surface area is 144 Å². The third kappa shape index (κ3) is 4.48. The van der Waals surface area contributed by atoms with Gasteiger partial charge in [-0.15, -0.1) is 0 Å². The van der Waals surface area contributed by atoms with E-state index in [0.29, 0.717) is 0 Å². The van der Waals surface area contributed by atoms with Crippen molar-refractivity contribution in [1.82, 2.24) is 10.2 Å². The largest absolute Gasteiger partial charge is 0.379 e. The Bertz CT molecular complexity index is 689. The molecule has 3 rings (SSSR count). The fraction of sp³-hybridized carbons (Fsp3) is 0.450. The van der Waals surface area contributed by atoms with Gasteiger partial charge in [0.05, 0.1) is 6.61 Å². The highest BCUT2D eigenvalue weighted by Crippen LogP contribution is 2.28. The number of fused-ring (bicyclic) bond motifs is 1. The van der Waals surface area contributed by atoms with Gasteiger partial charge in [-0.1, -0.05) is 42.5 Å². The molecule has 0 aliphatic heterocycles. The highest BCUT2D eigenvalue weighted by Gasteiger charge is 2.21. The van der Waals surface area contributed by atoms with Gasteiger partial charge in [0.15, 0.2) is 5.96 Å². The lowest BCUT2D eigenvalue weighted by molar-refractivity contribution is 0.115. The van der Waals surface area contributed by atoms with E-state index in [0.717, 1.165) is 38.2 Å². The van der Waals surface area contributed by atoms with Gasteiger partial charge in [-0.2, -0.15) is 0 Å². The smallest absolute Gasteiger partial charge is 0.193 e. The zero-order valence-electron chi connectivity index (χ0n) is 14.7. The molecule has 0 bridgehead atoms. The maximum Gasteiger partial charge on any atom is 0.193 e. The SMILES string of the molecule is CN=C(NCc1cccc2ccccc12)N(C)CCOCC1CC1. The van der Waals surface area contributed by atoms with Crippen LogP contribution < -0.4 is 5.32 Å². The molecule has 0 radical (unpaired) electrons. The quantitative estimate of drug-likeness (QED) is 0.482. The fourth-order valence-electron chi connectivity index (χ4n) is 2.85. The standard InChI is InChI=1S/C20H27N3O/c1-21-20(23(2)12-13-24-15-16-10-11-16)22-14-18-8-5-7-17-6-3-4-9-19(17)18/h3-9,16H,10-15H2,1-2H3,(H,21,22). The van der Waals surface area contributed by atoms with Gasteiger partial charge in [-0.3, -0.25) is 4.99 Å². The van der Waals surface area contributed by atoms with Crippen LogP contribution >= 0.6 is 0 Å². The van der Waals surface area contributed by atoms with Crippen LogP contribution in [0.2, 0.25) is 0 Å². The van der Waals surface area contributed by atoms with Crippen molar-refractivity contribution in [2.24, 2.45) is 10.9 Å². The van der Waals surface area contributed by atoms with E-state index < -0.39 is 0 Å². The first-order valence-corrected chi connectivity index (χ1v) is 8.74. The van der Waals surface area contributed by atoms with Gasteiger partial charge < -0.3 is 15.0 Å². The molecule has 0 aromatic heterocycles. The van der Waals surface area contributed by atoms with Gasteiger partial charge in [-0.25, -0.2) is 0 Å². The summed E-state index contributed by atoms with van der Waals surface area (Å²) >= 11 is 0. The molecule has 2 aromatic carbocycles. The Morgan fingerprint density at radius 1 is 1.21 bits per heavy atom. The number of benzene rings is 2. The van der Waals surface area contributed by atoms with E-state index in [2.05, 4.69) is 64.7 Å². The summed E-state index contributed by atoms with van der Waals surface area (Å²) in [6, 6.07) is 14.9. The van der Waals surface area contributed by atoms with E-state index in [-0.39, 0.29) is 0 Å². The normalized spacial score (nSPS) is 14.8. The lowest BCUT2D eigenvalue weighted by Gasteiger charge is -2.22. The molecule has 24 heavy (non-hydrogen) atoms. The highest BCUT2D eigenvalue weighted by atomic mass is 16.5. The summed E-state index contributed by atoms with van der Waals surface area (Å²) in [5.74, 6) is 1.72. The lowest BCUT2D eigenvalue weighted by atomic mass is 10.0. The number of rotatable bonds is 7. The van der Waals surface area contributed by atoms with Crippen LogP contribution in [0.4, 0.5) is 0 Å². The third-order valence-electron chi connectivity index (χ3n) is 4.51. The number of nitrogens with zero attached hydrogens (tertiary/aromatic N) is 2. The first-order valence-electron chi connectivity index (χ1n) is 8.74. The van der Waals surface area contributed by atoms with Crippen molar-refractivity contribution in [2.45, 2.75) is 19.4 Å². The number of ether oxygens (including phenoxy) is 1. The molecule has 1 N–H and O–H groups in total. The number of guanidine groups is 1. The van der Waals surface area contributed by atoms with Crippen molar-refractivity contribution < 1.29 is 4.74 Å². The zero-order chi connectivity index (χ0) is 16.8. The van der Waals surface area contributed by atoms with Gasteiger partial charge >= 0.3 is 0 Å². The molecule has 1 aliphatic rings. The summed E-state index contributed by atoms with van der Waals surface area (Å²) < 4.78 is 5.72. The van der Waals surface area contributed by atoms with Gasteiger partial charge in [0, 0.05) is 33.8 Å². The van der Waals surface area contributed by atoms with Gasteiger partial charge in [-0.05, 0) is 35.1 Å². The molecule has 1 aliphatic carbocycles. The van der Waals surface area contributed by atoms with E-state index in [4.69, 9.17) is 4.74 Å². The molecule has 0 heterocycles. The summed E-state index contributed by atoms with van der Waals surface area (Å²) in [5, 5.41) is 6.02. The summed E-state index contributed by atoms with van der Waals surface area (Å²) in [6.07, 6.45) is 2.67. The summed E-state index contributed by atoms with van der Waals surface area (Å²) in [6.45, 7) is 3.28. The van der Waals surface area contributed by atoms with Crippen LogP contribution in [-0.2, 0) is 11.3 Å². The molecule has 0 saturated heterocycles. The number of hydrogen-bond donors (Lipinski definition) is 1. The van der Waals surface area contributed by atoms with E-state index in [9.17, 15) is 0 Å². The topological polar surface area (TPSA) is 36.9 Å². The second kappa shape index (κ2) is 8.15. The minimum Gasteiger partial charge on any atom is -0.379 e. The highest BCUT2D eigenvalue weighted by molar-refractivity contribution is 5.86. The summed E-state index contributed by atoms with van der Waals surface area (Å²) in [7, 11) is 3.88. The fourth-order valence-corrected chi connectivity index (χ4v) is 2.85. The third-order valence-corrected chi connectivity index (χ3v) is 4.51. The van der Waals surface area contributed by atoms with Crippen LogP contribution in [0, 0.1) is 5.92 Å². The van der Waals surface area contributed by atoms with Crippen LogP contribution in [0.1, 0.15) is 18.4 Å². The molecule has 0 unspecified atom stereocenters. The van der Waals surface area contributed by atoms with Crippen LogP contribution in [0.3, 0.4) is 0 Å². The molecule has 4 heteroatoms. The molecule has 0 spiro atoms. The average Bonchev–Trinajstić information content (AvgIpc) is 3.44. The molecule has 2 aromatic rings. The predicted octanol–water partition coefficient (Wildman–Crippen LogP) is 3.27. The van der Waals surface area contributed by atoms with E-state index in [1.54, 1.807) is 0 Å². The van der Waals surface area contributed by atoms with Crippen molar-refractivity contribution in [1.29, 1.82) is 0 Å². The molecule has 0 atom stereocenters. The second-order valence-electron chi connectivity index (χ2n) is 6.48. The van der Waals surface area contributed by atoms with Crippen LogP contribution in [0.5, 0.6) is 0 Å². The summed E-state index contributed by atoms with van der Waals surface area (Å²) in [5.41, 5.74) is 1.28. The Balaban J connectivity index is 1.52. The van der Waals surface area contributed by atoms with Crippen LogP contribution in [-0.4, -0.2) is 44.7 Å². The van der Waals surface area contributed by atoms with Gasteiger partial charge in [0.25, 0.3) is 0 Å². The first-order chi connectivity index (χ1) is 11.8. The first kappa shape index (κ1) is 16.8. The molecular weight excluding hydrogens is 298 g/mol. The minimum atomic E-state index is 0.752. The van der Waals surface area contributed by atoms with Crippen LogP contribution in [0.15, 0.2) is 47.5 Å². The second-order valence-corrected chi connectivity index (χ2v) is 6.48. The predicted molar refractivity (Wildman–Crippen MR) is 100 cm³/mol. The molecule has 4 nitrogen and oxygen atoms in total. The van der Waals surface area contributed by atoms with Crippen molar-refractivity contribution in [2.75, 3.05) is 33.9 Å². The Morgan fingerprint density at radius 3 is 2.79 bits per heavy atom. The molecule has 1 saturated carbocycles. The molecule has 0 amide bonds. The number of hydrogen-bond acceptors (Lipinski definition) is 2. The number of aliphatic imine (C=N–C) groups is 1. The van der Waals surface area contributed by atoms with Crippen molar-refractivity contribution in [3.8, 4) is 0 Å². The van der Waals surface area contributed by atoms with Crippen molar-refractivity contribution >= 4 is 16.7 Å². The monoisotopic (exact) mass is 325 g/mol. The van der Waals surface area contributed by atoms with Crippen molar-refractivity contribution in [3.05, 3.63) is 48.0 Å². The molecule has 1 fully saturated rings. The van der Waals surface area contributed by atoms with E-state index >= 15 is 0 Å². The summed E-state index contributed by atoms with van der Waals surface area (Å²) in [4.78, 5) is 6.51. The minimum absolute atomic E-state index is 0.752. The Morgan fingerprint density at radius 2 is 2.00 bits per heavy atom. The Kier molecular flexibility index (Phi) is 5.70. The van der Waals surface area contributed by atoms with Crippen LogP contribution in [0.25, 0.3) is 10.8 Å². The van der Waals surface area contributed by atoms with E-state index in [1.807, 2.05) is 7.05 Å². The Hall–Kier alpha value is -2.07. The maximum absolute atomic E-state index is 5.72. The lowest BCUT2D eigenvalue weighted by Crippen LogP contribution is -2.40. The maximum atomic E-state index is 5.72. The number of likely N-dealkylation sites (N-methyl/N-ethyl adjacent to an activating group) is 1. The molecule has 128 valence electrons. The van der Waals surface area contributed by atoms with Gasteiger partial charge in [0.2, 0.25) is 0 Å². The van der Waals surface area contributed by atoms with E-state index in [1.165, 1.54) is 29.2 Å². The van der Waals surface area contributed by atoms with Crippen molar-refractivity contribution in [3.63, 3.8) is 0 Å².